The Balaban J connectivity index is 2.34. The van der Waals surface area contributed by atoms with E-state index in [-0.39, 0.29) is 40.0 Å². The van der Waals surface area contributed by atoms with Crippen LogP contribution in [0.4, 0.5) is 18.9 Å². The van der Waals surface area contributed by atoms with E-state index in [0.29, 0.717) is 0 Å². The summed E-state index contributed by atoms with van der Waals surface area (Å²) in [5.41, 5.74) is 0.286. The van der Waals surface area contributed by atoms with Gasteiger partial charge in [0.1, 0.15) is 5.75 Å². The van der Waals surface area contributed by atoms with Crippen LogP contribution in [0.1, 0.15) is 6.42 Å². The largest absolute Gasteiger partial charge is 0.573 e. The Hall–Kier alpha value is -1.39. The van der Waals surface area contributed by atoms with E-state index in [1.807, 2.05) is 0 Å². The Morgan fingerprint density at radius 1 is 1.48 bits per heavy atom. The van der Waals surface area contributed by atoms with Gasteiger partial charge < -0.3 is 9.64 Å². The maximum absolute atomic E-state index is 12.2. The zero-order valence-corrected chi connectivity index (χ0v) is 12.7. The van der Waals surface area contributed by atoms with Crippen LogP contribution in [0, 0.1) is 18.3 Å². The van der Waals surface area contributed by atoms with Crippen molar-refractivity contribution in [3.8, 4) is 18.1 Å². The van der Waals surface area contributed by atoms with Crippen molar-refractivity contribution < 1.29 is 22.7 Å². The molecule has 1 aliphatic heterocycles. The molecular formula is C13H8BrClF3NO2. The SMILES string of the molecule is C#CC1CC(=O)N(c2c(Cl)cc(OC(F)(F)F)cc2Br)C1. The summed E-state index contributed by atoms with van der Waals surface area (Å²) < 4.78 is 40.6. The molecule has 1 atom stereocenters. The van der Waals surface area contributed by atoms with E-state index in [9.17, 15) is 18.0 Å². The van der Waals surface area contributed by atoms with Gasteiger partial charge in [0, 0.05) is 29.4 Å². The highest BCUT2D eigenvalue weighted by molar-refractivity contribution is 9.10. The van der Waals surface area contributed by atoms with Crippen molar-refractivity contribution in [2.24, 2.45) is 5.92 Å². The van der Waals surface area contributed by atoms with E-state index in [2.05, 4.69) is 26.6 Å². The lowest BCUT2D eigenvalue weighted by atomic mass is 10.1. The number of anilines is 1. The second-order valence-electron chi connectivity index (χ2n) is 4.36. The van der Waals surface area contributed by atoms with Gasteiger partial charge in [-0.05, 0) is 22.0 Å². The minimum Gasteiger partial charge on any atom is -0.406 e. The van der Waals surface area contributed by atoms with Crippen LogP contribution in [-0.4, -0.2) is 18.8 Å². The average Bonchev–Trinajstić information content (AvgIpc) is 2.68. The van der Waals surface area contributed by atoms with Gasteiger partial charge in [-0.15, -0.1) is 25.5 Å². The zero-order valence-electron chi connectivity index (χ0n) is 10.4. The molecule has 1 fully saturated rings. The highest BCUT2D eigenvalue weighted by Crippen LogP contribution is 2.41. The van der Waals surface area contributed by atoms with Gasteiger partial charge in [-0.2, -0.15) is 0 Å². The molecule has 3 nitrogen and oxygen atoms in total. The lowest BCUT2D eigenvalue weighted by Gasteiger charge is -2.20. The number of nitrogens with zero attached hydrogens (tertiary/aromatic N) is 1. The van der Waals surface area contributed by atoms with Crippen molar-refractivity contribution in [3.05, 3.63) is 21.6 Å². The van der Waals surface area contributed by atoms with E-state index < -0.39 is 12.1 Å². The quantitative estimate of drug-likeness (QED) is 0.724. The number of terminal acetylenes is 1. The Labute approximate surface area is 132 Å². The second-order valence-corrected chi connectivity index (χ2v) is 5.62. The highest BCUT2D eigenvalue weighted by atomic mass is 79.9. The predicted octanol–water partition coefficient (Wildman–Crippen LogP) is 3.99. The summed E-state index contributed by atoms with van der Waals surface area (Å²) in [5, 5.41) is -0.0327. The van der Waals surface area contributed by atoms with E-state index in [4.69, 9.17) is 18.0 Å². The molecule has 1 saturated heterocycles. The molecule has 0 aliphatic carbocycles. The minimum absolute atomic E-state index is 0.0327. The molecule has 1 aliphatic rings. The number of hydrogen-bond acceptors (Lipinski definition) is 2. The first-order chi connectivity index (χ1) is 9.71. The lowest BCUT2D eigenvalue weighted by molar-refractivity contribution is -0.274. The van der Waals surface area contributed by atoms with Crippen molar-refractivity contribution in [2.75, 3.05) is 11.4 Å². The standard InChI is InChI=1S/C13H8BrClF3NO2/c1-2-7-3-11(20)19(6-7)12-9(14)4-8(5-10(12)15)21-13(16,17)18/h1,4-5,7H,3,6H2. The van der Waals surface area contributed by atoms with Gasteiger partial charge in [0.2, 0.25) is 5.91 Å². The number of hydrogen-bond donors (Lipinski definition) is 0. The third kappa shape index (κ3) is 3.63. The van der Waals surface area contributed by atoms with E-state index in [1.54, 1.807) is 0 Å². The van der Waals surface area contributed by atoms with Crippen molar-refractivity contribution >= 4 is 39.1 Å². The van der Waals surface area contributed by atoms with E-state index in [0.717, 1.165) is 12.1 Å². The third-order valence-electron chi connectivity index (χ3n) is 2.85. The Bertz CT molecular complexity index is 604. The predicted molar refractivity (Wildman–Crippen MR) is 75.1 cm³/mol. The molecule has 0 N–H and O–H groups in total. The van der Waals surface area contributed by atoms with E-state index in [1.165, 1.54) is 4.90 Å². The van der Waals surface area contributed by atoms with Gasteiger partial charge >= 0.3 is 6.36 Å². The molecule has 0 bridgehead atoms. The van der Waals surface area contributed by atoms with Gasteiger partial charge in [0.05, 0.1) is 10.7 Å². The molecular weight excluding hydrogens is 374 g/mol. The molecule has 1 heterocycles. The van der Waals surface area contributed by atoms with Crippen LogP contribution in [0.15, 0.2) is 16.6 Å². The fourth-order valence-electron chi connectivity index (χ4n) is 2.03. The number of carbonyl (C=O) groups is 1. The van der Waals surface area contributed by atoms with Crippen molar-refractivity contribution in [3.63, 3.8) is 0 Å². The first kappa shape index (κ1) is 16.0. The van der Waals surface area contributed by atoms with Gasteiger partial charge in [-0.3, -0.25) is 4.79 Å². The number of ether oxygens (including phenoxy) is 1. The number of alkyl halides is 3. The van der Waals surface area contributed by atoms with Crippen LogP contribution in [0.25, 0.3) is 0 Å². The molecule has 0 radical (unpaired) electrons. The van der Waals surface area contributed by atoms with Gasteiger partial charge in [-0.25, -0.2) is 0 Å². The Kier molecular flexibility index (Phi) is 4.40. The molecule has 112 valence electrons. The van der Waals surface area contributed by atoms with Gasteiger partial charge in [0.15, 0.2) is 0 Å². The summed E-state index contributed by atoms with van der Waals surface area (Å²) in [6.07, 6.45) is 0.651. The Morgan fingerprint density at radius 2 is 2.14 bits per heavy atom. The number of benzene rings is 1. The second kappa shape index (κ2) is 5.78. The maximum Gasteiger partial charge on any atom is 0.573 e. The first-order valence-corrected chi connectivity index (χ1v) is 6.89. The summed E-state index contributed by atoms with van der Waals surface area (Å²) in [4.78, 5) is 13.3. The highest BCUT2D eigenvalue weighted by Gasteiger charge is 2.34. The molecule has 1 amide bonds. The van der Waals surface area contributed by atoms with Crippen LogP contribution in [0.3, 0.4) is 0 Å². The normalized spacial score (nSPS) is 18.8. The number of carbonyl (C=O) groups excluding carboxylic acids is 1. The van der Waals surface area contributed by atoms with Crippen LogP contribution in [-0.2, 0) is 4.79 Å². The molecule has 8 heteroatoms. The van der Waals surface area contributed by atoms with Crippen LogP contribution >= 0.6 is 27.5 Å². The van der Waals surface area contributed by atoms with Crippen molar-refractivity contribution in [2.45, 2.75) is 12.8 Å². The summed E-state index contributed by atoms with van der Waals surface area (Å²) in [7, 11) is 0. The first-order valence-electron chi connectivity index (χ1n) is 5.72. The Morgan fingerprint density at radius 3 is 2.62 bits per heavy atom. The van der Waals surface area contributed by atoms with Crippen molar-refractivity contribution in [1.82, 2.24) is 0 Å². The zero-order chi connectivity index (χ0) is 15.8. The molecule has 0 saturated carbocycles. The molecule has 21 heavy (non-hydrogen) atoms. The smallest absolute Gasteiger partial charge is 0.406 e. The summed E-state index contributed by atoms with van der Waals surface area (Å²) in [5.74, 6) is 1.54. The lowest BCUT2D eigenvalue weighted by Crippen LogP contribution is -2.25. The van der Waals surface area contributed by atoms with Crippen LogP contribution < -0.4 is 9.64 Å². The number of rotatable bonds is 2. The number of amides is 1. The fraction of sp³-hybridized carbons (Fsp3) is 0.308. The topological polar surface area (TPSA) is 29.5 Å². The van der Waals surface area contributed by atoms with Crippen LogP contribution in [0.5, 0.6) is 5.75 Å². The molecule has 0 aromatic heterocycles. The molecule has 2 rings (SSSR count). The maximum atomic E-state index is 12.2. The minimum atomic E-state index is -4.82. The average molecular weight is 383 g/mol. The summed E-state index contributed by atoms with van der Waals surface area (Å²) in [6.45, 7) is 0.271. The van der Waals surface area contributed by atoms with Crippen LogP contribution in [0.2, 0.25) is 5.02 Å². The molecule has 0 spiro atoms. The summed E-state index contributed by atoms with van der Waals surface area (Å²) >= 11 is 9.08. The number of halogens is 5. The fourth-order valence-corrected chi connectivity index (χ4v) is 3.11. The molecule has 1 aromatic rings. The van der Waals surface area contributed by atoms with Gasteiger partial charge in [-0.1, -0.05) is 11.6 Å². The third-order valence-corrected chi connectivity index (χ3v) is 3.75. The van der Waals surface area contributed by atoms with Crippen molar-refractivity contribution in [1.29, 1.82) is 0 Å². The molecule has 1 aromatic carbocycles. The van der Waals surface area contributed by atoms with Gasteiger partial charge in [0.25, 0.3) is 0 Å². The molecule has 1 unspecified atom stereocenters. The monoisotopic (exact) mass is 381 g/mol. The summed E-state index contributed by atoms with van der Waals surface area (Å²) in [6, 6.07) is 2.11. The van der Waals surface area contributed by atoms with E-state index >= 15 is 0 Å².